The third kappa shape index (κ3) is 4.46. The van der Waals surface area contributed by atoms with E-state index in [1.54, 1.807) is 25.3 Å². The van der Waals surface area contributed by atoms with Crippen molar-refractivity contribution in [3.05, 3.63) is 24.0 Å². The van der Waals surface area contributed by atoms with Crippen LogP contribution in [0.25, 0.3) is 0 Å². The third-order valence-electron chi connectivity index (χ3n) is 1.69. The molecule has 0 aliphatic carbocycles. The number of carbonyl (C=O) groups excluding carboxylic acids is 1. The smallest absolute Gasteiger partial charge is 0.344 e. The SMILES string of the molecule is CCOC(=O)COc1cccnc1CN.Cl. The number of nitrogens with two attached hydrogens (primary N) is 1. The Morgan fingerprint density at radius 2 is 2.31 bits per heavy atom. The molecular formula is C10H15ClN2O3. The fourth-order valence-corrected chi connectivity index (χ4v) is 1.05. The second-order valence-corrected chi connectivity index (χ2v) is 2.75. The summed E-state index contributed by atoms with van der Waals surface area (Å²) in [5.41, 5.74) is 6.08. The molecule has 5 nitrogen and oxygen atoms in total. The molecule has 0 aromatic carbocycles. The molecule has 0 saturated heterocycles. The zero-order valence-electron chi connectivity index (χ0n) is 9.01. The van der Waals surface area contributed by atoms with E-state index in [1.165, 1.54) is 0 Å². The average molecular weight is 247 g/mol. The molecule has 90 valence electrons. The van der Waals surface area contributed by atoms with Crippen LogP contribution in [0, 0.1) is 0 Å². The Bertz CT molecular complexity index is 334. The largest absolute Gasteiger partial charge is 0.480 e. The van der Waals surface area contributed by atoms with E-state index in [1.807, 2.05) is 0 Å². The first-order valence-corrected chi connectivity index (χ1v) is 4.70. The van der Waals surface area contributed by atoms with Crippen molar-refractivity contribution >= 4 is 18.4 Å². The van der Waals surface area contributed by atoms with Gasteiger partial charge in [0.25, 0.3) is 0 Å². The van der Waals surface area contributed by atoms with Gasteiger partial charge in [-0.1, -0.05) is 0 Å². The highest BCUT2D eigenvalue weighted by molar-refractivity contribution is 5.85. The summed E-state index contributed by atoms with van der Waals surface area (Å²) in [5.74, 6) is 0.123. The van der Waals surface area contributed by atoms with Gasteiger partial charge >= 0.3 is 5.97 Å². The van der Waals surface area contributed by atoms with E-state index in [0.29, 0.717) is 18.1 Å². The molecule has 0 spiro atoms. The van der Waals surface area contributed by atoms with Crippen LogP contribution in [0.4, 0.5) is 0 Å². The molecular weight excluding hydrogens is 232 g/mol. The predicted molar refractivity (Wildman–Crippen MR) is 61.5 cm³/mol. The lowest BCUT2D eigenvalue weighted by Crippen LogP contribution is -2.16. The van der Waals surface area contributed by atoms with Gasteiger partial charge in [0.2, 0.25) is 0 Å². The van der Waals surface area contributed by atoms with Gasteiger partial charge in [-0.3, -0.25) is 4.98 Å². The Morgan fingerprint density at radius 1 is 1.56 bits per heavy atom. The van der Waals surface area contributed by atoms with Crippen LogP contribution in [0.1, 0.15) is 12.6 Å². The van der Waals surface area contributed by atoms with E-state index in [9.17, 15) is 4.79 Å². The molecule has 0 unspecified atom stereocenters. The maximum absolute atomic E-state index is 11.0. The molecule has 16 heavy (non-hydrogen) atoms. The lowest BCUT2D eigenvalue weighted by Gasteiger charge is -2.08. The van der Waals surface area contributed by atoms with Crippen LogP contribution in [0.15, 0.2) is 18.3 Å². The Balaban J connectivity index is 0.00000225. The topological polar surface area (TPSA) is 74.4 Å². The van der Waals surface area contributed by atoms with Crippen molar-refractivity contribution in [2.24, 2.45) is 5.73 Å². The molecule has 1 aromatic rings. The molecule has 0 saturated carbocycles. The molecule has 0 aliphatic rings. The highest BCUT2D eigenvalue weighted by atomic mass is 35.5. The summed E-state index contributed by atoms with van der Waals surface area (Å²) in [6.45, 7) is 2.25. The molecule has 1 heterocycles. The van der Waals surface area contributed by atoms with Gasteiger partial charge in [0, 0.05) is 12.7 Å². The summed E-state index contributed by atoms with van der Waals surface area (Å²) < 4.78 is 9.95. The number of hydrogen-bond acceptors (Lipinski definition) is 5. The van der Waals surface area contributed by atoms with Crippen LogP contribution in [0.3, 0.4) is 0 Å². The number of carbonyl (C=O) groups is 1. The van der Waals surface area contributed by atoms with E-state index in [2.05, 4.69) is 4.98 Å². The second-order valence-electron chi connectivity index (χ2n) is 2.75. The zero-order valence-corrected chi connectivity index (χ0v) is 9.83. The summed E-state index contributed by atoms with van der Waals surface area (Å²) in [4.78, 5) is 15.0. The van der Waals surface area contributed by atoms with E-state index >= 15 is 0 Å². The summed E-state index contributed by atoms with van der Waals surface area (Å²) in [6, 6.07) is 3.44. The molecule has 0 aliphatic heterocycles. The van der Waals surface area contributed by atoms with Crippen molar-refractivity contribution in [1.29, 1.82) is 0 Å². The number of pyridine rings is 1. The minimum atomic E-state index is -0.399. The lowest BCUT2D eigenvalue weighted by molar-refractivity contribution is -0.145. The number of esters is 1. The van der Waals surface area contributed by atoms with Gasteiger partial charge in [0.1, 0.15) is 5.75 Å². The predicted octanol–water partition coefficient (Wildman–Crippen LogP) is 0.904. The molecule has 0 atom stereocenters. The maximum Gasteiger partial charge on any atom is 0.344 e. The lowest BCUT2D eigenvalue weighted by atomic mass is 10.3. The zero-order chi connectivity index (χ0) is 11.1. The quantitative estimate of drug-likeness (QED) is 0.782. The van der Waals surface area contributed by atoms with Gasteiger partial charge in [0.15, 0.2) is 6.61 Å². The molecule has 1 rings (SSSR count). The monoisotopic (exact) mass is 246 g/mol. The molecule has 0 amide bonds. The van der Waals surface area contributed by atoms with Crippen LogP contribution in [-0.4, -0.2) is 24.2 Å². The van der Waals surface area contributed by atoms with Crippen molar-refractivity contribution < 1.29 is 14.3 Å². The van der Waals surface area contributed by atoms with Gasteiger partial charge < -0.3 is 15.2 Å². The first kappa shape index (κ1) is 14.7. The van der Waals surface area contributed by atoms with Crippen molar-refractivity contribution in [3.63, 3.8) is 0 Å². The highest BCUT2D eigenvalue weighted by Crippen LogP contribution is 2.13. The van der Waals surface area contributed by atoms with Crippen LogP contribution in [0.2, 0.25) is 0 Å². The molecule has 6 heteroatoms. The van der Waals surface area contributed by atoms with Gasteiger partial charge in [0.05, 0.1) is 12.3 Å². The van der Waals surface area contributed by atoms with Gasteiger partial charge in [-0.2, -0.15) is 0 Å². The first-order valence-electron chi connectivity index (χ1n) is 4.70. The molecule has 0 bridgehead atoms. The molecule has 2 N–H and O–H groups in total. The third-order valence-corrected chi connectivity index (χ3v) is 1.69. The van der Waals surface area contributed by atoms with E-state index in [-0.39, 0.29) is 25.6 Å². The fraction of sp³-hybridized carbons (Fsp3) is 0.400. The summed E-state index contributed by atoms with van der Waals surface area (Å²) in [5, 5.41) is 0. The summed E-state index contributed by atoms with van der Waals surface area (Å²) in [7, 11) is 0. The number of hydrogen-bond donors (Lipinski definition) is 1. The highest BCUT2D eigenvalue weighted by Gasteiger charge is 2.06. The molecule has 0 radical (unpaired) electrons. The van der Waals surface area contributed by atoms with Crippen molar-refractivity contribution in [2.75, 3.05) is 13.2 Å². The molecule has 1 aromatic heterocycles. The second kappa shape index (κ2) is 7.90. The van der Waals surface area contributed by atoms with E-state index in [0.717, 1.165) is 0 Å². The number of aromatic nitrogens is 1. The minimum Gasteiger partial charge on any atom is -0.480 e. The van der Waals surface area contributed by atoms with Crippen LogP contribution in [-0.2, 0) is 16.1 Å². The van der Waals surface area contributed by atoms with Crippen LogP contribution >= 0.6 is 12.4 Å². The van der Waals surface area contributed by atoms with Gasteiger partial charge in [-0.15, -0.1) is 12.4 Å². The normalized spacial score (nSPS) is 9.12. The van der Waals surface area contributed by atoms with Crippen LogP contribution in [0.5, 0.6) is 5.75 Å². The number of halogens is 1. The van der Waals surface area contributed by atoms with Crippen molar-refractivity contribution in [2.45, 2.75) is 13.5 Å². The summed E-state index contributed by atoms with van der Waals surface area (Å²) in [6.07, 6.45) is 1.62. The van der Waals surface area contributed by atoms with E-state index < -0.39 is 5.97 Å². The molecule has 0 fully saturated rings. The fourth-order valence-electron chi connectivity index (χ4n) is 1.05. The number of ether oxygens (including phenoxy) is 2. The Labute approximate surface area is 100 Å². The minimum absolute atomic E-state index is 0. The number of nitrogens with zero attached hydrogens (tertiary/aromatic N) is 1. The van der Waals surface area contributed by atoms with E-state index in [4.69, 9.17) is 15.2 Å². The maximum atomic E-state index is 11.0. The average Bonchev–Trinajstić information content (AvgIpc) is 2.27. The Kier molecular flexibility index (Phi) is 7.24. The van der Waals surface area contributed by atoms with Gasteiger partial charge in [-0.05, 0) is 19.1 Å². The number of rotatable bonds is 5. The van der Waals surface area contributed by atoms with Gasteiger partial charge in [-0.25, -0.2) is 4.79 Å². The van der Waals surface area contributed by atoms with Crippen molar-refractivity contribution in [3.8, 4) is 5.75 Å². The summed E-state index contributed by atoms with van der Waals surface area (Å²) >= 11 is 0. The van der Waals surface area contributed by atoms with Crippen molar-refractivity contribution in [1.82, 2.24) is 4.98 Å². The Hall–Kier alpha value is -1.33. The van der Waals surface area contributed by atoms with Crippen LogP contribution < -0.4 is 10.5 Å². The standard InChI is InChI=1S/C10H14N2O3.ClH/c1-2-14-10(13)7-15-9-4-3-5-12-8(9)6-11;/h3-5H,2,6-7,11H2,1H3;1H. The Morgan fingerprint density at radius 3 is 2.94 bits per heavy atom. The first-order chi connectivity index (χ1) is 7.27.